The van der Waals surface area contributed by atoms with Crippen LogP contribution in [-0.4, -0.2) is 31.1 Å². The van der Waals surface area contributed by atoms with E-state index < -0.39 is 12.1 Å². The van der Waals surface area contributed by atoms with E-state index in [0.29, 0.717) is 15.8 Å². The maximum atomic E-state index is 12.3. The van der Waals surface area contributed by atoms with Gasteiger partial charge < -0.3 is 14.8 Å². The van der Waals surface area contributed by atoms with Gasteiger partial charge in [-0.1, -0.05) is 25.7 Å². The van der Waals surface area contributed by atoms with E-state index in [1.807, 2.05) is 0 Å². The number of carbonyl (C=O) groups excluding carboxylic acids is 2. The lowest BCUT2D eigenvalue weighted by molar-refractivity contribution is -0.129. The Bertz CT molecular complexity index is 582. The van der Waals surface area contributed by atoms with Crippen LogP contribution in [0.1, 0.15) is 55.8 Å². The van der Waals surface area contributed by atoms with Crippen LogP contribution < -0.4 is 10.1 Å². The van der Waals surface area contributed by atoms with Gasteiger partial charge in [-0.25, -0.2) is 4.79 Å². The van der Waals surface area contributed by atoms with Crippen LogP contribution in [-0.2, 0) is 9.53 Å². The number of hydrogen-bond acceptors (Lipinski definition) is 4. The number of rotatable bonds is 5. The van der Waals surface area contributed by atoms with Gasteiger partial charge in [0.15, 0.2) is 6.10 Å². The molecule has 1 aromatic rings. The van der Waals surface area contributed by atoms with Gasteiger partial charge in [0.2, 0.25) is 0 Å². The minimum absolute atomic E-state index is 0.185. The molecule has 0 aliphatic heterocycles. The molecule has 1 aliphatic carbocycles. The molecular weight excluding hydrogens is 374 g/mol. The number of carbonyl (C=O) groups is 2. The highest BCUT2D eigenvalue weighted by Crippen LogP contribution is 2.23. The summed E-state index contributed by atoms with van der Waals surface area (Å²) in [6.45, 7) is 1.60. The number of ether oxygens (including phenoxy) is 2. The molecule has 5 nitrogen and oxygen atoms in total. The summed E-state index contributed by atoms with van der Waals surface area (Å²) in [6, 6.07) is 5.22. The van der Waals surface area contributed by atoms with Crippen LogP contribution in [0.25, 0.3) is 0 Å². The summed E-state index contributed by atoms with van der Waals surface area (Å²) in [6.07, 6.45) is 5.87. The number of benzene rings is 1. The van der Waals surface area contributed by atoms with Crippen molar-refractivity contribution >= 4 is 27.8 Å². The molecule has 0 radical (unpaired) electrons. The van der Waals surface area contributed by atoms with Crippen LogP contribution in [0.4, 0.5) is 0 Å². The minimum atomic E-state index is -0.834. The molecule has 0 bridgehead atoms. The highest BCUT2D eigenvalue weighted by Gasteiger charge is 2.23. The lowest BCUT2D eigenvalue weighted by Crippen LogP contribution is -2.41. The van der Waals surface area contributed by atoms with Crippen molar-refractivity contribution in [2.45, 2.75) is 57.6 Å². The van der Waals surface area contributed by atoms with Crippen LogP contribution in [0.5, 0.6) is 5.75 Å². The molecule has 2 rings (SSSR count). The zero-order chi connectivity index (χ0) is 17.5. The van der Waals surface area contributed by atoms with Gasteiger partial charge in [-0.2, -0.15) is 0 Å². The second-order valence-electron chi connectivity index (χ2n) is 6.09. The van der Waals surface area contributed by atoms with Gasteiger partial charge in [-0.3, -0.25) is 4.79 Å². The Hall–Kier alpha value is -1.56. The van der Waals surface area contributed by atoms with Crippen LogP contribution in [0.2, 0.25) is 0 Å². The molecule has 1 N–H and O–H groups in total. The third-order valence-corrected chi connectivity index (χ3v) is 4.94. The number of halogens is 1. The van der Waals surface area contributed by atoms with E-state index in [2.05, 4.69) is 21.2 Å². The topological polar surface area (TPSA) is 64.6 Å². The largest absolute Gasteiger partial charge is 0.497 e. The Morgan fingerprint density at radius 1 is 1.21 bits per heavy atom. The number of esters is 1. The maximum Gasteiger partial charge on any atom is 0.340 e. The van der Waals surface area contributed by atoms with E-state index in [1.54, 1.807) is 25.1 Å². The highest BCUT2D eigenvalue weighted by molar-refractivity contribution is 9.10. The maximum absolute atomic E-state index is 12.3. The van der Waals surface area contributed by atoms with Crippen molar-refractivity contribution < 1.29 is 19.1 Å². The molecule has 0 spiro atoms. The van der Waals surface area contributed by atoms with Gasteiger partial charge in [0.25, 0.3) is 5.91 Å². The Labute approximate surface area is 151 Å². The van der Waals surface area contributed by atoms with Crippen molar-refractivity contribution in [1.82, 2.24) is 5.32 Å². The third-order valence-electron chi connectivity index (χ3n) is 4.25. The van der Waals surface area contributed by atoms with Crippen molar-refractivity contribution in [3.8, 4) is 5.75 Å². The average molecular weight is 398 g/mol. The zero-order valence-electron chi connectivity index (χ0n) is 14.1. The normalized spacial score (nSPS) is 16.8. The van der Waals surface area contributed by atoms with Crippen LogP contribution >= 0.6 is 15.9 Å². The van der Waals surface area contributed by atoms with Crippen molar-refractivity contribution in [2.24, 2.45) is 0 Å². The molecular formula is C18H24BrNO4. The predicted molar refractivity (Wildman–Crippen MR) is 95.2 cm³/mol. The molecule has 1 fully saturated rings. The van der Waals surface area contributed by atoms with Crippen molar-refractivity contribution in [2.75, 3.05) is 7.11 Å². The molecule has 0 unspecified atom stereocenters. The summed E-state index contributed by atoms with van der Waals surface area (Å²) >= 11 is 3.32. The third kappa shape index (κ3) is 5.23. The van der Waals surface area contributed by atoms with E-state index in [0.717, 1.165) is 25.7 Å². The summed E-state index contributed by atoms with van der Waals surface area (Å²) in [5, 5.41) is 3.00. The van der Waals surface area contributed by atoms with Crippen molar-refractivity contribution in [3.63, 3.8) is 0 Å². The lowest BCUT2D eigenvalue weighted by atomic mass is 10.1. The average Bonchev–Trinajstić information content (AvgIpc) is 2.83. The minimum Gasteiger partial charge on any atom is -0.497 e. The fraction of sp³-hybridized carbons (Fsp3) is 0.556. The van der Waals surface area contributed by atoms with Gasteiger partial charge in [-0.15, -0.1) is 0 Å². The Balaban J connectivity index is 1.94. The summed E-state index contributed by atoms with van der Waals surface area (Å²) in [5.41, 5.74) is 0.337. The zero-order valence-corrected chi connectivity index (χ0v) is 15.7. The van der Waals surface area contributed by atoms with Gasteiger partial charge in [0.1, 0.15) is 5.75 Å². The molecule has 0 aromatic heterocycles. The lowest BCUT2D eigenvalue weighted by Gasteiger charge is -2.20. The first kappa shape index (κ1) is 18.8. The van der Waals surface area contributed by atoms with E-state index in [-0.39, 0.29) is 11.9 Å². The second-order valence-corrected chi connectivity index (χ2v) is 6.94. The number of methoxy groups -OCH3 is 1. The van der Waals surface area contributed by atoms with Crippen LogP contribution in [0.3, 0.4) is 0 Å². The summed E-state index contributed by atoms with van der Waals surface area (Å²) in [4.78, 5) is 24.6. The molecule has 132 valence electrons. The second kappa shape index (κ2) is 9.06. The molecule has 1 amide bonds. The first-order valence-electron chi connectivity index (χ1n) is 8.36. The van der Waals surface area contributed by atoms with Crippen LogP contribution in [0, 0.1) is 0 Å². The molecule has 1 aromatic carbocycles. The monoisotopic (exact) mass is 397 g/mol. The Morgan fingerprint density at radius 2 is 1.88 bits per heavy atom. The van der Waals surface area contributed by atoms with E-state index in [4.69, 9.17) is 9.47 Å². The van der Waals surface area contributed by atoms with E-state index in [1.165, 1.54) is 20.0 Å². The van der Waals surface area contributed by atoms with E-state index >= 15 is 0 Å². The fourth-order valence-corrected chi connectivity index (χ4v) is 3.22. The standard InChI is InChI=1S/C18H24BrNO4/c1-12(17(21)20-13-7-5-3-4-6-8-13)24-18(22)15-11-14(23-2)9-10-16(15)19/h9-13H,3-8H2,1-2H3,(H,20,21)/t12-/m0/s1. The van der Waals surface area contributed by atoms with Gasteiger partial charge in [-0.05, 0) is 53.9 Å². The van der Waals surface area contributed by atoms with Crippen molar-refractivity contribution in [3.05, 3.63) is 28.2 Å². The fourth-order valence-electron chi connectivity index (χ4n) is 2.81. The van der Waals surface area contributed by atoms with E-state index in [9.17, 15) is 9.59 Å². The van der Waals surface area contributed by atoms with Gasteiger partial charge in [0.05, 0.1) is 12.7 Å². The highest BCUT2D eigenvalue weighted by atomic mass is 79.9. The quantitative estimate of drug-likeness (QED) is 0.605. The first-order chi connectivity index (χ1) is 11.5. The molecule has 1 saturated carbocycles. The molecule has 0 saturated heterocycles. The summed E-state index contributed by atoms with van der Waals surface area (Å²) in [5.74, 6) is -0.237. The molecule has 24 heavy (non-hydrogen) atoms. The first-order valence-corrected chi connectivity index (χ1v) is 9.15. The summed E-state index contributed by atoms with van der Waals surface area (Å²) in [7, 11) is 1.53. The molecule has 0 heterocycles. The Kier molecular flexibility index (Phi) is 7.09. The van der Waals surface area contributed by atoms with Gasteiger partial charge in [0, 0.05) is 10.5 Å². The van der Waals surface area contributed by atoms with Gasteiger partial charge >= 0.3 is 5.97 Å². The van der Waals surface area contributed by atoms with Crippen molar-refractivity contribution in [1.29, 1.82) is 0 Å². The smallest absolute Gasteiger partial charge is 0.340 e. The number of hydrogen-bond donors (Lipinski definition) is 1. The number of nitrogens with one attached hydrogen (secondary N) is 1. The molecule has 6 heteroatoms. The molecule has 1 aliphatic rings. The Morgan fingerprint density at radius 3 is 2.50 bits per heavy atom. The van der Waals surface area contributed by atoms with Crippen LogP contribution in [0.15, 0.2) is 22.7 Å². The molecule has 1 atom stereocenters. The summed E-state index contributed by atoms with van der Waals surface area (Å²) < 4.78 is 11.0. The predicted octanol–water partition coefficient (Wildman–Crippen LogP) is 3.84. The number of amides is 1. The SMILES string of the molecule is COc1ccc(Br)c(C(=O)O[C@@H](C)C(=O)NC2CCCCCC2)c1.